The van der Waals surface area contributed by atoms with Crippen molar-refractivity contribution in [1.82, 2.24) is 0 Å². The van der Waals surface area contributed by atoms with Crippen LogP contribution in [0.4, 0.5) is 11.4 Å². The Balaban J connectivity index is 2.34. The van der Waals surface area contributed by atoms with E-state index in [1.807, 2.05) is 6.92 Å². The average Bonchev–Trinajstić information content (AvgIpc) is 2.75. The summed E-state index contributed by atoms with van der Waals surface area (Å²) in [4.78, 5) is 0.154. The minimum atomic E-state index is -3.99. The van der Waals surface area contributed by atoms with Crippen LogP contribution in [-0.2, 0) is 10.0 Å². The van der Waals surface area contributed by atoms with Gasteiger partial charge in [-0.2, -0.15) is 5.26 Å². The molecule has 0 spiro atoms. The predicted octanol–water partition coefficient (Wildman–Crippen LogP) is 5.03. The Hall–Kier alpha value is -3.50. The quantitative estimate of drug-likeness (QED) is 0.542. The molecule has 0 N–H and O–H groups in total. The van der Waals surface area contributed by atoms with Gasteiger partial charge in [0.25, 0.3) is 10.0 Å². The smallest absolute Gasteiger partial charge is 0.268 e. The Kier molecular flexibility index (Phi) is 6.23. The average molecular weight is 437 g/mol. The molecule has 160 valence electrons. The minimum absolute atomic E-state index is 0.154. The second kappa shape index (κ2) is 8.70. The number of nitrogens with zero attached hydrogens (tertiary/aromatic N) is 2. The lowest BCUT2D eigenvalue weighted by Gasteiger charge is -2.27. The van der Waals surface area contributed by atoms with Crippen LogP contribution in [0.3, 0.4) is 0 Å². The zero-order chi connectivity index (χ0) is 22.8. The molecular weight excluding hydrogens is 412 g/mol. The molecule has 0 fully saturated rings. The minimum Gasteiger partial charge on any atom is -0.497 e. The molecule has 0 atom stereocenters. The van der Waals surface area contributed by atoms with Crippen LogP contribution in [-0.4, -0.2) is 22.6 Å². The highest BCUT2D eigenvalue weighted by molar-refractivity contribution is 7.93. The number of benzene rings is 3. The Bertz CT molecular complexity index is 1240. The summed E-state index contributed by atoms with van der Waals surface area (Å²) >= 11 is 0. The number of hydrogen-bond acceptors (Lipinski definition) is 5. The molecule has 31 heavy (non-hydrogen) atoms. The summed E-state index contributed by atoms with van der Waals surface area (Å²) < 4.78 is 39.7. The SMILES string of the molecule is COc1cc(OC)cc(N(c2cc(C)c(C#N)cc2C)S(=O)(=O)c2ccc(C)cc2)c1. The number of nitriles is 1. The van der Waals surface area contributed by atoms with Gasteiger partial charge in [0.1, 0.15) is 11.5 Å². The number of anilines is 2. The van der Waals surface area contributed by atoms with Crippen molar-refractivity contribution in [3.05, 3.63) is 76.9 Å². The fourth-order valence-electron chi connectivity index (χ4n) is 3.27. The maximum absolute atomic E-state index is 13.8. The highest BCUT2D eigenvalue weighted by atomic mass is 32.2. The van der Waals surface area contributed by atoms with Crippen LogP contribution in [0.15, 0.2) is 59.5 Å². The van der Waals surface area contributed by atoms with Gasteiger partial charge in [0, 0.05) is 18.2 Å². The van der Waals surface area contributed by atoms with Crippen molar-refractivity contribution >= 4 is 21.4 Å². The first-order valence-corrected chi connectivity index (χ1v) is 11.0. The van der Waals surface area contributed by atoms with Gasteiger partial charge in [-0.25, -0.2) is 12.7 Å². The number of hydrogen-bond donors (Lipinski definition) is 0. The van der Waals surface area contributed by atoms with Crippen LogP contribution >= 0.6 is 0 Å². The fraction of sp³-hybridized carbons (Fsp3) is 0.208. The topological polar surface area (TPSA) is 79.6 Å². The van der Waals surface area contributed by atoms with Crippen LogP contribution in [0, 0.1) is 32.1 Å². The maximum atomic E-state index is 13.8. The molecule has 3 aromatic rings. The van der Waals surface area contributed by atoms with E-state index in [-0.39, 0.29) is 4.90 Å². The molecule has 6 nitrogen and oxygen atoms in total. The highest BCUT2D eigenvalue weighted by Gasteiger charge is 2.29. The van der Waals surface area contributed by atoms with Crippen molar-refractivity contribution in [3.8, 4) is 17.6 Å². The van der Waals surface area contributed by atoms with Gasteiger partial charge in [0.15, 0.2) is 0 Å². The normalized spacial score (nSPS) is 11.0. The van der Waals surface area contributed by atoms with Crippen molar-refractivity contribution in [2.75, 3.05) is 18.5 Å². The molecule has 0 aromatic heterocycles. The molecule has 3 aromatic carbocycles. The van der Waals surface area contributed by atoms with E-state index >= 15 is 0 Å². The van der Waals surface area contributed by atoms with Gasteiger partial charge < -0.3 is 9.47 Å². The maximum Gasteiger partial charge on any atom is 0.268 e. The number of rotatable bonds is 6. The predicted molar refractivity (Wildman–Crippen MR) is 121 cm³/mol. The van der Waals surface area contributed by atoms with Crippen molar-refractivity contribution in [2.45, 2.75) is 25.7 Å². The molecule has 0 aliphatic carbocycles. The van der Waals surface area contributed by atoms with E-state index in [2.05, 4.69) is 6.07 Å². The van der Waals surface area contributed by atoms with Gasteiger partial charge >= 0.3 is 0 Å². The third-order valence-electron chi connectivity index (χ3n) is 5.01. The number of aryl methyl sites for hydroxylation is 3. The Morgan fingerprint density at radius 1 is 0.839 bits per heavy atom. The summed E-state index contributed by atoms with van der Waals surface area (Å²) in [7, 11) is -0.977. The highest BCUT2D eigenvalue weighted by Crippen LogP contribution is 2.39. The van der Waals surface area contributed by atoms with E-state index in [0.717, 1.165) is 5.56 Å². The summed E-state index contributed by atoms with van der Waals surface area (Å²) in [5.41, 5.74) is 3.61. The van der Waals surface area contributed by atoms with Crippen LogP contribution in [0.1, 0.15) is 22.3 Å². The Labute approximate surface area is 183 Å². The molecule has 0 heterocycles. The molecule has 0 aliphatic rings. The molecule has 0 aliphatic heterocycles. The van der Waals surface area contributed by atoms with E-state index in [1.165, 1.54) is 18.5 Å². The summed E-state index contributed by atoms with van der Waals surface area (Å²) in [6.45, 7) is 5.46. The summed E-state index contributed by atoms with van der Waals surface area (Å²) in [6.07, 6.45) is 0. The zero-order valence-electron chi connectivity index (χ0n) is 18.1. The van der Waals surface area contributed by atoms with Gasteiger partial charge in [-0.3, -0.25) is 0 Å². The lowest BCUT2D eigenvalue weighted by atomic mass is 10.0. The van der Waals surface area contributed by atoms with Crippen LogP contribution in [0.2, 0.25) is 0 Å². The second-order valence-corrected chi connectivity index (χ2v) is 9.01. The standard InChI is InChI=1S/C24H24N2O4S/c1-16-6-8-23(9-7-16)31(27,28)26(20-12-21(29-4)14-22(13-20)30-5)24-11-17(2)19(15-25)10-18(24)3/h6-14H,1-5H3. The molecule has 7 heteroatoms. The summed E-state index contributed by atoms with van der Waals surface area (Å²) in [6, 6.07) is 17.2. The molecule has 0 bridgehead atoms. The third kappa shape index (κ3) is 4.35. The molecule has 0 radical (unpaired) electrons. The van der Waals surface area contributed by atoms with E-state index in [4.69, 9.17) is 9.47 Å². The summed E-state index contributed by atoms with van der Waals surface area (Å²) in [5.74, 6) is 0.919. The van der Waals surface area contributed by atoms with Gasteiger partial charge in [0.05, 0.1) is 42.1 Å². The van der Waals surface area contributed by atoms with Gasteiger partial charge in [-0.05, 0) is 56.2 Å². The van der Waals surface area contributed by atoms with E-state index in [9.17, 15) is 13.7 Å². The molecule has 3 rings (SSSR count). The van der Waals surface area contributed by atoms with Crippen molar-refractivity contribution < 1.29 is 17.9 Å². The second-order valence-electron chi connectivity index (χ2n) is 7.22. The first-order chi connectivity index (χ1) is 14.7. The third-order valence-corrected chi connectivity index (χ3v) is 6.77. The van der Waals surface area contributed by atoms with Crippen molar-refractivity contribution in [1.29, 1.82) is 5.26 Å². The van der Waals surface area contributed by atoms with Crippen LogP contribution < -0.4 is 13.8 Å². The Morgan fingerprint density at radius 3 is 1.94 bits per heavy atom. The molecule has 0 saturated heterocycles. The monoisotopic (exact) mass is 436 g/mol. The lowest BCUT2D eigenvalue weighted by Crippen LogP contribution is -2.27. The van der Waals surface area contributed by atoms with Gasteiger partial charge in [-0.1, -0.05) is 17.7 Å². The fourth-order valence-corrected chi connectivity index (χ4v) is 4.80. The molecular formula is C24H24N2O4S. The van der Waals surface area contributed by atoms with E-state index in [0.29, 0.717) is 39.6 Å². The molecule has 0 unspecified atom stereocenters. The van der Waals surface area contributed by atoms with E-state index < -0.39 is 10.0 Å². The lowest BCUT2D eigenvalue weighted by molar-refractivity contribution is 0.394. The molecule has 0 amide bonds. The van der Waals surface area contributed by atoms with Gasteiger partial charge in [0.2, 0.25) is 0 Å². The van der Waals surface area contributed by atoms with Gasteiger partial charge in [-0.15, -0.1) is 0 Å². The zero-order valence-corrected chi connectivity index (χ0v) is 18.9. The largest absolute Gasteiger partial charge is 0.497 e. The molecule has 0 saturated carbocycles. The number of sulfonamides is 1. The van der Waals surface area contributed by atoms with Crippen LogP contribution in [0.5, 0.6) is 11.5 Å². The van der Waals surface area contributed by atoms with E-state index in [1.54, 1.807) is 68.4 Å². The van der Waals surface area contributed by atoms with Crippen molar-refractivity contribution in [3.63, 3.8) is 0 Å². The summed E-state index contributed by atoms with van der Waals surface area (Å²) in [5, 5.41) is 9.37. The Morgan fingerprint density at radius 2 is 1.42 bits per heavy atom. The first-order valence-electron chi connectivity index (χ1n) is 9.57. The van der Waals surface area contributed by atoms with Crippen LogP contribution in [0.25, 0.3) is 0 Å². The first kappa shape index (κ1) is 22.2. The number of ether oxygens (including phenoxy) is 2. The van der Waals surface area contributed by atoms with Crippen molar-refractivity contribution in [2.24, 2.45) is 0 Å². The number of methoxy groups -OCH3 is 2.